The second-order valence-electron chi connectivity index (χ2n) is 9.11. The van der Waals surface area contributed by atoms with Crippen LogP contribution >= 0.6 is 0 Å². The fourth-order valence-electron chi connectivity index (χ4n) is 4.12. The highest BCUT2D eigenvalue weighted by molar-refractivity contribution is 5.95. The Labute approximate surface area is 234 Å². The first-order chi connectivity index (χ1) is 19.6. The van der Waals surface area contributed by atoms with Crippen LogP contribution in [0.15, 0.2) is 110 Å². The van der Waals surface area contributed by atoms with Crippen LogP contribution in [0.5, 0.6) is 17.2 Å². The van der Waals surface area contributed by atoms with Crippen LogP contribution < -0.4 is 19.9 Å². The predicted octanol–water partition coefficient (Wildman–Crippen LogP) is 6.50. The van der Waals surface area contributed by atoms with E-state index in [4.69, 9.17) is 19.9 Å². The van der Waals surface area contributed by atoms with Crippen LogP contribution in [-0.2, 0) is 19.8 Å². The van der Waals surface area contributed by atoms with Gasteiger partial charge in [0.25, 0.3) is 5.91 Å². The Morgan fingerprint density at radius 1 is 0.825 bits per heavy atom. The van der Waals surface area contributed by atoms with Crippen LogP contribution in [0.4, 0.5) is 4.39 Å². The third-order valence-corrected chi connectivity index (χ3v) is 6.20. The average Bonchev–Trinajstić information content (AvgIpc) is 2.99. The Balaban J connectivity index is 1.51. The van der Waals surface area contributed by atoms with Gasteiger partial charge in [-0.2, -0.15) is 0 Å². The van der Waals surface area contributed by atoms with E-state index < -0.39 is 0 Å². The van der Waals surface area contributed by atoms with Crippen LogP contribution in [0.25, 0.3) is 0 Å². The highest BCUT2D eigenvalue weighted by Gasteiger charge is 2.20. The normalized spacial score (nSPS) is 10.6. The molecule has 206 valence electrons. The minimum Gasteiger partial charge on any atom is -0.489 e. The van der Waals surface area contributed by atoms with Crippen LogP contribution in [0.3, 0.4) is 0 Å². The number of halogens is 1. The van der Waals surface area contributed by atoms with Crippen molar-refractivity contribution in [2.75, 3.05) is 13.1 Å². The molecule has 0 aliphatic heterocycles. The van der Waals surface area contributed by atoms with Gasteiger partial charge in [0.2, 0.25) is 0 Å². The molecule has 40 heavy (non-hydrogen) atoms. The minimum absolute atomic E-state index is 0.176. The lowest BCUT2D eigenvalue weighted by molar-refractivity contribution is 0.0740. The van der Waals surface area contributed by atoms with Gasteiger partial charge >= 0.3 is 0 Å². The summed E-state index contributed by atoms with van der Waals surface area (Å²) in [4.78, 5) is 15.5. The quantitative estimate of drug-likeness (QED) is 0.185. The van der Waals surface area contributed by atoms with Gasteiger partial charge in [-0.3, -0.25) is 4.79 Å². The maximum atomic E-state index is 13.7. The molecule has 4 rings (SSSR count). The Hall–Kier alpha value is -4.62. The fourth-order valence-corrected chi connectivity index (χ4v) is 4.12. The number of para-hydroxylation sites is 1. The molecule has 2 N–H and O–H groups in total. The number of carbonyl (C=O) groups excluding carboxylic acids is 1. The molecule has 0 radical (unpaired) electrons. The largest absolute Gasteiger partial charge is 0.489 e. The summed E-state index contributed by atoms with van der Waals surface area (Å²) in [5.41, 5.74) is 8.95. The van der Waals surface area contributed by atoms with Crippen molar-refractivity contribution in [2.45, 2.75) is 26.2 Å². The van der Waals surface area contributed by atoms with Crippen LogP contribution in [0.2, 0.25) is 0 Å². The van der Waals surface area contributed by atoms with Crippen molar-refractivity contribution in [2.24, 2.45) is 5.73 Å². The number of nitrogens with zero attached hydrogens (tertiary/aromatic N) is 1. The zero-order chi connectivity index (χ0) is 28.2. The third-order valence-electron chi connectivity index (χ3n) is 6.20. The second-order valence-corrected chi connectivity index (χ2v) is 9.11. The van der Waals surface area contributed by atoms with E-state index >= 15 is 0 Å². The molecule has 0 fully saturated rings. The summed E-state index contributed by atoms with van der Waals surface area (Å²) in [6.45, 7) is 5.53. The Morgan fingerprint density at radius 3 is 2.23 bits per heavy atom. The van der Waals surface area contributed by atoms with Crippen molar-refractivity contribution >= 4 is 5.91 Å². The lowest BCUT2D eigenvalue weighted by Crippen LogP contribution is -2.32. The Kier molecular flexibility index (Phi) is 10.3. The summed E-state index contributed by atoms with van der Waals surface area (Å²) in [7, 11) is 0. The van der Waals surface area contributed by atoms with Crippen molar-refractivity contribution in [3.8, 4) is 17.2 Å². The van der Waals surface area contributed by atoms with E-state index in [9.17, 15) is 9.18 Å². The van der Waals surface area contributed by atoms with E-state index in [1.165, 1.54) is 18.4 Å². The second kappa shape index (κ2) is 14.5. The van der Waals surface area contributed by atoms with Gasteiger partial charge in [0.05, 0.1) is 6.26 Å². The van der Waals surface area contributed by atoms with Gasteiger partial charge in [-0.25, -0.2) is 4.39 Å². The molecular weight excluding hydrogens is 507 g/mol. The standard InChI is InChI=1S/C33H33FN2O4/c1-2-38-32-21-27(15-18-31(32)40-23-25-9-4-3-5-10-25)33(37)36(20-8-19-35)22-28-11-6-7-12-30(28)39-24-26-13-16-29(34)17-14-26/h2-7,9-18,21H,1,8,19-20,22-24,35H2. The van der Waals surface area contributed by atoms with E-state index in [0.29, 0.717) is 55.5 Å². The maximum absolute atomic E-state index is 13.7. The molecule has 0 saturated heterocycles. The van der Waals surface area contributed by atoms with E-state index in [0.717, 1.165) is 16.7 Å². The zero-order valence-electron chi connectivity index (χ0n) is 22.3. The van der Waals surface area contributed by atoms with Gasteiger partial charge in [0, 0.05) is 24.2 Å². The monoisotopic (exact) mass is 540 g/mol. The fraction of sp³-hybridized carbons (Fsp3) is 0.182. The van der Waals surface area contributed by atoms with Crippen molar-refractivity contribution in [3.05, 3.63) is 138 Å². The first-order valence-electron chi connectivity index (χ1n) is 13.1. The van der Waals surface area contributed by atoms with Gasteiger partial charge in [0.1, 0.15) is 24.8 Å². The number of hydrogen-bond acceptors (Lipinski definition) is 5. The van der Waals surface area contributed by atoms with Crippen molar-refractivity contribution in [1.82, 2.24) is 4.90 Å². The summed E-state index contributed by atoms with van der Waals surface area (Å²) in [6, 6.07) is 28.7. The molecule has 0 aromatic heterocycles. The molecule has 0 unspecified atom stereocenters. The number of rotatable bonds is 14. The number of hydrogen-bond donors (Lipinski definition) is 1. The van der Waals surface area contributed by atoms with Gasteiger partial charge in [-0.1, -0.05) is 67.2 Å². The molecule has 0 aliphatic carbocycles. The summed E-state index contributed by atoms with van der Waals surface area (Å²) in [5, 5.41) is 0. The summed E-state index contributed by atoms with van der Waals surface area (Å²) < 4.78 is 30.9. The van der Waals surface area contributed by atoms with E-state index in [1.54, 1.807) is 35.2 Å². The maximum Gasteiger partial charge on any atom is 0.254 e. The molecule has 1 amide bonds. The van der Waals surface area contributed by atoms with Gasteiger partial charge in [-0.05, 0) is 60.5 Å². The highest BCUT2D eigenvalue weighted by atomic mass is 19.1. The SMILES string of the molecule is C=COc1cc(C(=O)N(CCCN)Cc2ccccc2OCc2ccc(F)cc2)ccc1OCc1ccccc1. The molecule has 0 aliphatic rings. The smallest absolute Gasteiger partial charge is 0.254 e. The molecule has 0 atom stereocenters. The van der Waals surface area contributed by atoms with Crippen LogP contribution in [0.1, 0.15) is 33.5 Å². The lowest BCUT2D eigenvalue weighted by atomic mass is 10.1. The molecule has 0 bridgehead atoms. The van der Waals surface area contributed by atoms with E-state index in [1.807, 2.05) is 54.6 Å². The van der Waals surface area contributed by atoms with Gasteiger partial charge in [-0.15, -0.1) is 0 Å². The lowest BCUT2D eigenvalue weighted by Gasteiger charge is -2.24. The zero-order valence-corrected chi connectivity index (χ0v) is 22.3. The molecule has 4 aromatic rings. The highest BCUT2D eigenvalue weighted by Crippen LogP contribution is 2.31. The minimum atomic E-state index is -0.296. The summed E-state index contributed by atoms with van der Waals surface area (Å²) in [5.74, 6) is 1.09. The summed E-state index contributed by atoms with van der Waals surface area (Å²) in [6.07, 6.45) is 1.94. The van der Waals surface area contributed by atoms with Crippen molar-refractivity contribution in [3.63, 3.8) is 0 Å². The molecule has 7 heteroatoms. The molecule has 0 spiro atoms. The van der Waals surface area contributed by atoms with E-state index in [-0.39, 0.29) is 18.3 Å². The predicted molar refractivity (Wildman–Crippen MR) is 154 cm³/mol. The summed E-state index contributed by atoms with van der Waals surface area (Å²) >= 11 is 0. The average molecular weight is 541 g/mol. The molecule has 4 aromatic carbocycles. The first-order valence-corrected chi connectivity index (χ1v) is 13.1. The van der Waals surface area contributed by atoms with Gasteiger partial charge < -0.3 is 24.8 Å². The Bertz CT molecular complexity index is 1390. The Morgan fingerprint density at radius 2 is 1.50 bits per heavy atom. The van der Waals surface area contributed by atoms with Crippen molar-refractivity contribution < 1.29 is 23.4 Å². The van der Waals surface area contributed by atoms with Crippen LogP contribution in [-0.4, -0.2) is 23.9 Å². The topological polar surface area (TPSA) is 74.0 Å². The number of benzene rings is 4. The van der Waals surface area contributed by atoms with Gasteiger partial charge in [0.15, 0.2) is 11.5 Å². The van der Waals surface area contributed by atoms with Crippen LogP contribution in [0, 0.1) is 5.82 Å². The van der Waals surface area contributed by atoms with Crippen molar-refractivity contribution in [1.29, 1.82) is 0 Å². The molecular formula is C33H33FN2O4. The number of nitrogens with two attached hydrogens (primary N) is 1. The molecule has 0 saturated carbocycles. The number of carbonyl (C=O) groups is 1. The van der Waals surface area contributed by atoms with E-state index in [2.05, 4.69) is 6.58 Å². The number of amides is 1. The first kappa shape index (κ1) is 28.4. The molecule has 0 heterocycles. The number of ether oxygens (including phenoxy) is 3. The molecule has 6 nitrogen and oxygen atoms in total. The third kappa shape index (κ3) is 7.94.